The average Bonchev–Trinajstić information content (AvgIpc) is 2.62. The first-order valence-electron chi connectivity index (χ1n) is 7.44. The highest BCUT2D eigenvalue weighted by atomic mass is 16.5. The van der Waals surface area contributed by atoms with Crippen molar-refractivity contribution in [1.29, 1.82) is 0 Å². The highest BCUT2D eigenvalue weighted by Gasteiger charge is 2.23. The fourth-order valence-corrected chi connectivity index (χ4v) is 2.74. The summed E-state index contributed by atoms with van der Waals surface area (Å²) in [7, 11) is 4.02. The summed E-state index contributed by atoms with van der Waals surface area (Å²) in [6.45, 7) is 0. The number of rotatable bonds is 4. The van der Waals surface area contributed by atoms with Gasteiger partial charge in [-0.15, -0.1) is 0 Å². The Labute approximate surface area is 147 Å². The predicted molar refractivity (Wildman–Crippen MR) is 92.6 cm³/mol. The Balaban J connectivity index is 2.45. The highest BCUT2D eigenvalue weighted by Crippen LogP contribution is 2.46. The smallest absolute Gasteiger partial charge is 0.205 e. The van der Waals surface area contributed by atoms with Crippen LogP contribution >= 0.6 is 0 Å². The monoisotopic (exact) mass is 360 g/mol. The Kier molecular flexibility index (Phi) is 4.25. The summed E-state index contributed by atoms with van der Waals surface area (Å²) in [5, 5.41) is 30.2. The summed E-state index contributed by atoms with van der Waals surface area (Å²) in [6, 6.07) is 4.79. The third-order valence-electron chi connectivity index (χ3n) is 3.89. The van der Waals surface area contributed by atoms with E-state index in [1.54, 1.807) is 0 Å². The van der Waals surface area contributed by atoms with Gasteiger partial charge in [-0.25, -0.2) is 0 Å². The minimum absolute atomic E-state index is 0.0177. The number of aromatic hydroxyl groups is 3. The number of benzene rings is 2. The number of hydrogen-bond acceptors (Lipinski definition) is 8. The largest absolute Gasteiger partial charge is 0.507 e. The minimum atomic E-state index is -0.579. The molecule has 1 heterocycles. The topological polar surface area (TPSA) is 119 Å². The maximum Gasteiger partial charge on any atom is 0.205 e. The number of fused-ring (bicyclic) bond motifs is 1. The second kappa shape index (κ2) is 6.40. The van der Waals surface area contributed by atoms with Crippen molar-refractivity contribution in [3.05, 3.63) is 34.5 Å². The van der Waals surface area contributed by atoms with Gasteiger partial charge in [0, 0.05) is 12.1 Å². The van der Waals surface area contributed by atoms with Gasteiger partial charge in [-0.2, -0.15) is 0 Å². The molecule has 0 bridgehead atoms. The Morgan fingerprint density at radius 1 is 0.846 bits per heavy atom. The molecule has 0 spiro atoms. The van der Waals surface area contributed by atoms with E-state index in [4.69, 9.17) is 18.6 Å². The van der Waals surface area contributed by atoms with E-state index < -0.39 is 5.43 Å². The molecule has 0 saturated heterocycles. The van der Waals surface area contributed by atoms with E-state index in [-0.39, 0.29) is 56.8 Å². The molecule has 3 rings (SSSR count). The molecule has 0 radical (unpaired) electrons. The van der Waals surface area contributed by atoms with Gasteiger partial charge in [0.1, 0.15) is 28.2 Å². The van der Waals surface area contributed by atoms with Gasteiger partial charge in [-0.1, -0.05) is 0 Å². The molecule has 2 aromatic carbocycles. The van der Waals surface area contributed by atoms with E-state index >= 15 is 0 Å². The molecule has 8 heteroatoms. The Morgan fingerprint density at radius 2 is 1.50 bits per heavy atom. The lowest BCUT2D eigenvalue weighted by molar-refractivity contribution is 0.349. The Morgan fingerprint density at radius 3 is 2.12 bits per heavy atom. The first kappa shape index (κ1) is 17.3. The van der Waals surface area contributed by atoms with E-state index in [2.05, 4.69) is 0 Å². The van der Waals surface area contributed by atoms with Gasteiger partial charge in [0.05, 0.1) is 21.3 Å². The molecule has 8 nitrogen and oxygen atoms in total. The number of methoxy groups -OCH3 is 3. The van der Waals surface area contributed by atoms with Crippen LogP contribution in [0, 0.1) is 0 Å². The molecule has 0 amide bonds. The zero-order chi connectivity index (χ0) is 19.0. The van der Waals surface area contributed by atoms with Crippen molar-refractivity contribution in [1.82, 2.24) is 0 Å². The molecule has 0 fully saturated rings. The van der Waals surface area contributed by atoms with Crippen LogP contribution in [0.2, 0.25) is 0 Å². The molecule has 136 valence electrons. The standard InChI is InChI=1S/C18H16O8/c1-23-13-7-11(22)14-10(21)6-12(26-18(14)17(13)25-3)15-8(19)4-5-9(20)16(15)24-2/h4-7,19-20,22H,1-3H3. The van der Waals surface area contributed by atoms with Crippen molar-refractivity contribution in [2.24, 2.45) is 0 Å². The van der Waals surface area contributed by atoms with E-state index in [1.165, 1.54) is 39.5 Å². The van der Waals surface area contributed by atoms with Gasteiger partial charge in [0.2, 0.25) is 5.75 Å². The second-order valence-corrected chi connectivity index (χ2v) is 5.32. The molecule has 0 unspecified atom stereocenters. The molecule has 0 aliphatic heterocycles. The maximum atomic E-state index is 12.6. The normalized spacial score (nSPS) is 10.7. The predicted octanol–water partition coefficient (Wildman–Crippen LogP) is 2.60. The quantitative estimate of drug-likeness (QED) is 0.608. The van der Waals surface area contributed by atoms with Crippen LogP contribution in [0.25, 0.3) is 22.3 Å². The summed E-state index contributed by atoms with van der Waals surface area (Å²) in [6.07, 6.45) is 0. The molecule has 0 aliphatic rings. The van der Waals surface area contributed by atoms with Crippen molar-refractivity contribution >= 4 is 11.0 Å². The fourth-order valence-electron chi connectivity index (χ4n) is 2.74. The molecule has 0 atom stereocenters. The Hall–Kier alpha value is -3.55. The summed E-state index contributed by atoms with van der Waals surface area (Å²) in [5.74, 6) is -0.762. The molecule has 26 heavy (non-hydrogen) atoms. The molecule has 1 aromatic heterocycles. The SMILES string of the molecule is COc1cc(O)c2c(=O)cc(-c3c(O)ccc(O)c3OC)oc2c1OC. The second-order valence-electron chi connectivity index (χ2n) is 5.32. The third kappa shape index (κ3) is 2.52. The number of ether oxygens (including phenoxy) is 3. The lowest BCUT2D eigenvalue weighted by Crippen LogP contribution is -2.03. The number of phenolic OH excluding ortho intramolecular Hbond substituents is 3. The van der Waals surface area contributed by atoms with Gasteiger partial charge in [-0.3, -0.25) is 4.79 Å². The summed E-state index contributed by atoms with van der Waals surface area (Å²) < 4.78 is 21.2. The third-order valence-corrected chi connectivity index (χ3v) is 3.89. The van der Waals surface area contributed by atoms with Crippen LogP contribution in [0.4, 0.5) is 0 Å². The van der Waals surface area contributed by atoms with E-state index in [1.807, 2.05) is 0 Å². The zero-order valence-electron chi connectivity index (χ0n) is 14.2. The number of hydrogen-bond donors (Lipinski definition) is 3. The lowest BCUT2D eigenvalue weighted by atomic mass is 10.1. The summed E-state index contributed by atoms with van der Waals surface area (Å²) >= 11 is 0. The van der Waals surface area contributed by atoms with Crippen LogP contribution in [0.15, 0.2) is 33.5 Å². The van der Waals surface area contributed by atoms with Gasteiger partial charge in [0.15, 0.2) is 28.3 Å². The van der Waals surface area contributed by atoms with E-state index in [9.17, 15) is 20.1 Å². The fraction of sp³-hybridized carbons (Fsp3) is 0.167. The Bertz CT molecular complexity index is 1050. The molecule has 0 aliphatic carbocycles. The molecule has 3 aromatic rings. The van der Waals surface area contributed by atoms with Crippen molar-refractivity contribution in [2.75, 3.05) is 21.3 Å². The highest BCUT2D eigenvalue weighted by molar-refractivity contribution is 5.92. The van der Waals surface area contributed by atoms with E-state index in [0.717, 1.165) is 6.07 Å². The first-order valence-corrected chi connectivity index (χ1v) is 7.44. The van der Waals surface area contributed by atoms with Crippen molar-refractivity contribution in [2.45, 2.75) is 0 Å². The van der Waals surface area contributed by atoms with Crippen LogP contribution in [-0.2, 0) is 0 Å². The number of phenols is 3. The zero-order valence-corrected chi connectivity index (χ0v) is 14.2. The molecular weight excluding hydrogens is 344 g/mol. The van der Waals surface area contributed by atoms with Crippen molar-refractivity contribution in [3.63, 3.8) is 0 Å². The van der Waals surface area contributed by atoms with Crippen LogP contribution in [0.3, 0.4) is 0 Å². The molecular formula is C18H16O8. The molecule has 3 N–H and O–H groups in total. The summed E-state index contributed by atoms with van der Waals surface area (Å²) in [5.41, 5.74) is -0.669. The molecule has 0 saturated carbocycles. The van der Waals surface area contributed by atoms with Gasteiger partial charge in [-0.05, 0) is 12.1 Å². The van der Waals surface area contributed by atoms with Gasteiger partial charge in [0.25, 0.3) is 0 Å². The first-order chi connectivity index (χ1) is 12.4. The van der Waals surface area contributed by atoms with Crippen LogP contribution in [0.1, 0.15) is 0 Å². The van der Waals surface area contributed by atoms with E-state index in [0.29, 0.717) is 0 Å². The van der Waals surface area contributed by atoms with Crippen LogP contribution in [0.5, 0.6) is 34.5 Å². The van der Waals surface area contributed by atoms with Crippen LogP contribution < -0.4 is 19.6 Å². The minimum Gasteiger partial charge on any atom is -0.507 e. The lowest BCUT2D eigenvalue weighted by Gasteiger charge is -2.14. The average molecular weight is 360 g/mol. The maximum absolute atomic E-state index is 12.6. The van der Waals surface area contributed by atoms with Crippen LogP contribution in [-0.4, -0.2) is 36.6 Å². The summed E-state index contributed by atoms with van der Waals surface area (Å²) in [4.78, 5) is 12.6. The van der Waals surface area contributed by atoms with Crippen molar-refractivity contribution < 1.29 is 33.9 Å². The van der Waals surface area contributed by atoms with Gasteiger partial charge >= 0.3 is 0 Å². The van der Waals surface area contributed by atoms with Crippen molar-refractivity contribution in [3.8, 4) is 45.8 Å². The van der Waals surface area contributed by atoms with Gasteiger partial charge < -0.3 is 33.9 Å².